The molecular weight excluding hydrogens is 599 g/mol. The van der Waals surface area contributed by atoms with Crippen molar-refractivity contribution in [2.75, 3.05) is 24.7 Å². The van der Waals surface area contributed by atoms with Crippen molar-refractivity contribution in [1.29, 1.82) is 0 Å². The summed E-state index contributed by atoms with van der Waals surface area (Å²) < 4.78 is 103. The predicted molar refractivity (Wildman–Crippen MR) is 142 cm³/mol. The SMILES string of the molecule is O=C(O)c1ccccc1N(Cc1ccc(C2CCOC2)cc1)C(=O)[C@H]1CCCN1S(=O)(=O)c1c(F)c(F)c(F)c(F)c1F. The van der Waals surface area contributed by atoms with Crippen LogP contribution in [0.5, 0.6) is 0 Å². The minimum absolute atomic E-state index is 0.0254. The van der Waals surface area contributed by atoms with Gasteiger partial charge in [-0.1, -0.05) is 36.4 Å². The molecule has 0 aliphatic carbocycles. The van der Waals surface area contributed by atoms with Crippen LogP contribution < -0.4 is 4.90 Å². The van der Waals surface area contributed by atoms with Crippen LogP contribution in [-0.2, 0) is 26.1 Å². The summed E-state index contributed by atoms with van der Waals surface area (Å²) in [4.78, 5) is 25.1. The fourth-order valence-electron chi connectivity index (χ4n) is 5.43. The number of para-hydroxylation sites is 1. The van der Waals surface area contributed by atoms with Crippen molar-refractivity contribution in [3.63, 3.8) is 0 Å². The highest BCUT2D eigenvalue weighted by Crippen LogP contribution is 2.35. The standard InChI is InChI=1S/C29H25F5N2O6S/c30-22-23(31)25(33)27(26(34)24(22)32)43(40,41)36-12-3-6-21(36)28(37)35(20-5-2-1-4-19(20)29(38)39)14-16-7-9-17(10-8-16)18-11-13-42-15-18/h1-2,4-5,7-10,18,21H,3,6,11-15H2,(H,38,39)/t18?,21-/m1/s1. The summed E-state index contributed by atoms with van der Waals surface area (Å²) in [6, 6.07) is 11.0. The van der Waals surface area contributed by atoms with Gasteiger partial charge in [0.1, 0.15) is 6.04 Å². The van der Waals surface area contributed by atoms with Crippen LogP contribution in [0, 0.1) is 29.1 Å². The van der Waals surface area contributed by atoms with Gasteiger partial charge in [-0.2, -0.15) is 4.31 Å². The Morgan fingerprint density at radius 1 is 0.907 bits per heavy atom. The van der Waals surface area contributed by atoms with Crippen molar-refractivity contribution in [2.24, 2.45) is 0 Å². The molecule has 2 aliphatic heterocycles. The summed E-state index contributed by atoms with van der Waals surface area (Å²) >= 11 is 0. The lowest BCUT2D eigenvalue weighted by atomic mass is 9.97. The molecule has 0 aromatic heterocycles. The highest BCUT2D eigenvalue weighted by molar-refractivity contribution is 7.89. The minimum Gasteiger partial charge on any atom is -0.478 e. The monoisotopic (exact) mass is 624 g/mol. The Balaban J connectivity index is 1.54. The number of benzene rings is 3. The molecule has 43 heavy (non-hydrogen) atoms. The smallest absolute Gasteiger partial charge is 0.337 e. The number of rotatable bonds is 8. The molecule has 2 atom stereocenters. The Morgan fingerprint density at radius 3 is 2.14 bits per heavy atom. The van der Waals surface area contributed by atoms with Gasteiger partial charge in [-0.25, -0.2) is 35.2 Å². The van der Waals surface area contributed by atoms with Gasteiger partial charge >= 0.3 is 5.97 Å². The Morgan fingerprint density at radius 2 is 1.53 bits per heavy atom. The van der Waals surface area contributed by atoms with Gasteiger partial charge < -0.3 is 14.7 Å². The molecule has 0 spiro atoms. The summed E-state index contributed by atoms with van der Waals surface area (Å²) in [7, 11) is -5.43. The second-order valence-corrected chi connectivity index (χ2v) is 12.0. The van der Waals surface area contributed by atoms with Gasteiger partial charge in [0.25, 0.3) is 0 Å². The van der Waals surface area contributed by atoms with Crippen molar-refractivity contribution in [3.8, 4) is 0 Å². The first-order valence-electron chi connectivity index (χ1n) is 13.3. The summed E-state index contributed by atoms with van der Waals surface area (Å²) in [6.45, 7) is 0.528. The average Bonchev–Trinajstić information content (AvgIpc) is 3.71. The molecule has 5 rings (SSSR count). The fourth-order valence-corrected chi connectivity index (χ4v) is 7.20. The van der Waals surface area contributed by atoms with Crippen LogP contribution in [0.1, 0.15) is 46.7 Å². The first-order valence-corrected chi connectivity index (χ1v) is 14.7. The number of anilines is 1. The van der Waals surface area contributed by atoms with Crippen LogP contribution in [0.15, 0.2) is 53.4 Å². The molecule has 228 valence electrons. The minimum atomic E-state index is -5.43. The van der Waals surface area contributed by atoms with Crippen LogP contribution in [0.4, 0.5) is 27.6 Å². The zero-order valence-electron chi connectivity index (χ0n) is 22.4. The molecule has 2 aliphatic rings. The number of carbonyl (C=O) groups excluding carboxylic acids is 1. The molecular formula is C29H25F5N2O6S. The summed E-state index contributed by atoms with van der Waals surface area (Å²) in [6.07, 6.45) is 0.711. The van der Waals surface area contributed by atoms with E-state index in [1.165, 1.54) is 24.3 Å². The number of ether oxygens (including phenoxy) is 1. The third-order valence-electron chi connectivity index (χ3n) is 7.64. The first kappa shape index (κ1) is 30.6. The third-order valence-corrected chi connectivity index (χ3v) is 9.57. The van der Waals surface area contributed by atoms with Gasteiger partial charge in [-0.05, 0) is 42.5 Å². The van der Waals surface area contributed by atoms with E-state index in [9.17, 15) is 45.1 Å². The van der Waals surface area contributed by atoms with Gasteiger partial charge in [0.05, 0.1) is 24.4 Å². The van der Waals surface area contributed by atoms with Crippen molar-refractivity contribution in [3.05, 3.63) is 94.3 Å². The first-order chi connectivity index (χ1) is 20.4. The lowest BCUT2D eigenvalue weighted by Gasteiger charge is -2.31. The van der Waals surface area contributed by atoms with Crippen molar-refractivity contribution >= 4 is 27.6 Å². The van der Waals surface area contributed by atoms with E-state index in [0.717, 1.165) is 16.9 Å². The molecule has 1 N–H and O–H groups in total. The van der Waals surface area contributed by atoms with Gasteiger partial charge in [-0.15, -0.1) is 0 Å². The quantitative estimate of drug-likeness (QED) is 0.216. The molecule has 2 saturated heterocycles. The maximum Gasteiger partial charge on any atom is 0.337 e. The fraction of sp³-hybridized carbons (Fsp3) is 0.310. The maximum atomic E-state index is 14.6. The van der Waals surface area contributed by atoms with Gasteiger partial charge in [0, 0.05) is 19.1 Å². The molecule has 0 bridgehead atoms. The van der Waals surface area contributed by atoms with E-state index in [1.807, 2.05) is 12.1 Å². The number of sulfonamides is 1. The largest absolute Gasteiger partial charge is 0.478 e. The second-order valence-electron chi connectivity index (χ2n) is 10.2. The number of amides is 1. The van der Waals surface area contributed by atoms with Crippen LogP contribution >= 0.6 is 0 Å². The predicted octanol–water partition coefficient (Wildman–Crippen LogP) is 4.97. The zero-order chi connectivity index (χ0) is 31.1. The van der Waals surface area contributed by atoms with Crippen LogP contribution in [0.3, 0.4) is 0 Å². The zero-order valence-corrected chi connectivity index (χ0v) is 23.2. The number of aromatic carboxylic acids is 1. The Labute approximate surface area is 243 Å². The van der Waals surface area contributed by atoms with Gasteiger partial charge in [-0.3, -0.25) is 4.79 Å². The third kappa shape index (κ3) is 5.61. The van der Waals surface area contributed by atoms with E-state index in [0.29, 0.717) is 23.1 Å². The molecule has 0 radical (unpaired) electrons. The van der Waals surface area contributed by atoms with Crippen molar-refractivity contribution in [2.45, 2.75) is 42.7 Å². The molecule has 1 amide bonds. The van der Waals surface area contributed by atoms with E-state index in [4.69, 9.17) is 4.74 Å². The molecule has 0 saturated carbocycles. The van der Waals surface area contributed by atoms with E-state index >= 15 is 0 Å². The van der Waals surface area contributed by atoms with E-state index in [1.54, 1.807) is 12.1 Å². The van der Waals surface area contributed by atoms with E-state index in [-0.39, 0.29) is 36.6 Å². The number of hydrogen-bond acceptors (Lipinski definition) is 5. The lowest BCUT2D eigenvalue weighted by molar-refractivity contribution is -0.121. The summed E-state index contributed by atoms with van der Waals surface area (Å²) in [5, 5.41) is 9.81. The molecule has 2 fully saturated rings. The molecule has 14 heteroatoms. The maximum absolute atomic E-state index is 14.6. The average molecular weight is 625 g/mol. The van der Waals surface area contributed by atoms with Crippen molar-refractivity contribution < 1.29 is 49.8 Å². The lowest BCUT2D eigenvalue weighted by Crippen LogP contribution is -2.48. The van der Waals surface area contributed by atoms with Crippen LogP contribution in [-0.4, -0.2) is 55.5 Å². The molecule has 3 aromatic carbocycles. The highest BCUT2D eigenvalue weighted by atomic mass is 32.2. The number of carboxylic acid groups (broad SMARTS) is 1. The molecule has 8 nitrogen and oxygen atoms in total. The summed E-state index contributed by atoms with van der Waals surface area (Å²) in [5.41, 5.74) is 1.21. The Hall–Kier alpha value is -3.88. The number of carbonyl (C=O) groups is 2. The second kappa shape index (κ2) is 12.0. The van der Waals surface area contributed by atoms with E-state index < -0.39 is 68.5 Å². The number of carboxylic acids is 1. The van der Waals surface area contributed by atoms with E-state index in [2.05, 4.69) is 0 Å². The Kier molecular flexibility index (Phi) is 8.54. The number of halogens is 5. The van der Waals surface area contributed by atoms with Crippen LogP contribution in [0.25, 0.3) is 0 Å². The summed E-state index contributed by atoms with van der Waals surface area (Å²) in [5.74, 6) is -14.6. The van der Waals surface area contributed by atoms with Crippen LogP contribution in [0.2, 0.25) is 0 Å². The van der Waals surface area contributed by atoms with Crippen molar-refractivity contribution in [1.82, 2.24) is 4.31 Å². The highest BCUT2D eigenvalue weighted by Gasteiger charge is 2.45. The molecule has 2 heterocycles. The Bertz CT molecular complexity index is 1650. The normalized spacial score (nSPS) is 19.1. The number of hydrogen-bond donors (Lipinski definition) is 1. The molecule has 3 aromatic rings. The number of nitrogens with zero attached hydrogens (tertiary/aromatic N) is 2. The topological polar surface area (TPSA) is 104 Å². The van der Waals surface area contributed by atoms with Gasteiger partial charge in [0.2, 0.25) is 21.7 Å². The van der Waals surface area contributed by atoms with Gasteiger partial charge in [0.15, 0.2) is 28.2 Å². The molecule has 1 unspecified atom stereocenters.